The van der Waals surface area contributed by atoms with Gasteiger partial charge in [0, 0.05) is 13.2 Å². The van der Waals surface area contributed by atoms with E-state index >= 15 is 0 Å². The van der Waals surface area contributed by atoms with Crippen molar-refractivity contribution >= 4 is 12.0 Å². The van der Waals surface area contributed by atoms with Crippen LogP contribution in [0.15, 0.2) is 35.9 Å². The highest BCUT2D eigenvalue weighted by molar-refractivity contribution is 6.01. The number of carbonyl (C=O) groups is 1. The van der Waals surface area contributed by atoms with E-state index in [1.54, 1.807) is 31.4 Å². The summed E-state index contributed by atoms with van der Waals surface area (Å²) in [6, 6.07) is 11.6. The van der Waals surface area contributed by atoms with Crippen LogP contribution in [-0.4, -0.2) is 32.3 Å². The van der Waals surface area contributed by atoms with Gasteiger partial charge in [-0.2, -0.15) is 5.26 Å². The number of amides is 1. The lowest BCUT2D eigenvalue weighted by atomic mass is 10.0. The predicted molar refractivity (Wildman–Crippen MR) is 124 cm³/mol. The molecule has 32 heavy (non-hydrogen) atoms. The average molecular weight is 435 g/mol. The first-order valence-corrected chi connectivity index (χ1v) is 10.8. The molecule has 0 unspecified atom stereocenters. The fourth-order valence-electron chi connectivity index (χ4n) is 3.90. The van der Waals surface area contributed by atoms with E-state index in [-0.39, 0.29) is 11.7 Å². The largest absolute Gasteiger partial charge is 0.493 e. The molecule has 1 atom stereocenters. The molecule has 0 aliphatic carbocycles. The third-order valence-electron chi connectivity index (χ3n) is 5.59. The Kier molecular flexibility index (Phi) is 7.91. The summed E-state index contributed by atoms with van der Waals surface area (Å²) < 4.78 is 17.0. The van der Waals surface area contributed by atoms with Gasteiger partial charge in [0.2, 0.25) is 0 Å². The highest BCUT2D eigenvalue weighted by Gasteiger charge is 2.18. The number of benzene rings is 2. The van der Waals surface area contributed by atoms with E-state index in [0.717, 1.165) is 25.0 Å². The minimum atomic E-state index is -0.410. The van der Waals surface area contributed by atoms with Crippen molar-refractivity contribution < 1.29 is 19.0 Å². The number of ether oxygens (including phenoxy) is 3. The van der Waals surface area contributed by atoms with Crippen molar-refractivity contribution in [2.75, 3.05) is 20.3 Å². The molecule has 1 aliphatic rings. The Morgan fingerprint density at radius 2 is 1.97 bits per heavy atom. The molecule has 1 fully saturated rings. The highest BCUT2D eigenvalue weighted by Crippen LogP contribution is 2.30. The van der Waals surface area contributed by atoms with Crippen LogP contribution >= 0.6 is 0 Å². The topological polar surface area (TPSA) is 80.6 Å². The van der Waals surface area contributed by atoms with Crippen LogP contribution in [0.2, 0.25) is 0 Å². The van der Waals surface area contributed by atoms with E-state index in [1.165, 1.54) is 16.7 Å². The lowest BCUT2D eigenvalue weighted by Crippen LogP contribution is -2.32. The van der Waals surface area contributed by atoms with Crippen molar-refractivity contribution in [1.29, 1.82) is 5.26 Å². The van der Waals surface area contributed by atoms with Crippen LogP contribution in [-0.2, 0) is 16.1 Å². The number of hydrogen-bond acceptors (Lipinski definition) is 5. The van der Waals surface area contributed by atoms with Crippen LogP contribution < -0.4 is 14.8 Å². The first-order valence-electron chi connectivity index (χ1n) is 10.8. The number of hydrogen-bond donors (Lipinski definition) is 1. The van der Waals surface area contributed by atoms with Gasteiger partial charge >= 0.3 is 0 Å². The number of aryl methyl sites for hydroxylation is 3. The number of nitrogens with one attached hydrogen (secondary N) is 1. The molecule has 0 saturated carbocycles. The second kappa shape index (κ2) is 10.8. The van der Waals surface area contributed by atoms with Gasteiger partial charge in [-0.15, -0.1) is 0 Å². The summed E-state index contributed by atoms with van der Waals surface area (Å²) in [6.45, 7) is 7.80. The third-order valence-corrected chi connectivity index (χ3v) is 5.59. The molecule has 6 nitrogen and oxygen atoms in total. The van der Waals surface area contributed by atoms with Crippen molar-refractivity contribution in [2.24, 2.45) is 0 Å². The van der Waals surface area contributed by atoms with Crippen molar-refractivity contribution in [3.8, 4) is 17.6 Å². The summed E-state index contributed by atoms with van der Waals surface area (Å²) in [5, 5.41) is 12.2. The highest BCUT2D eigenvalue weighted by atomic mass is 16.5. The zero-order valence-corrected chi connectivity index (χ0v) is 19.2. The molecule has 0 spiro atoms. The molecule has 0 radical (unpaired) electrons. The fourth-order valence-corrected chi connectivity index (χ4v) is 3.90. The Morgan fingerprint density at radius 3 is 2.59 bits per heavy atom. The molecule has 0 bridgehead atoms. The molecule has 2 aromatic carbocycles. The summed E-state index contributed by atoms with van der Waals surface area (Å²) in [5.41, 5.74) is 5.47. The zero-order valence-electron chi connectivity index (χ0n) is 19.2. The lowest BCUT2D eigenvalue weighted by molar-refractivity contribution is -0.117. The lowest BCUT2D eigenvalue weighted by Gasteiger charge is -2.15. The Bertz CT molecular complexity index is 1020. The van der Waals surface area contributed by atoms with E-state index in [2.05, 4.69) is 38.2 Å². The average Bonchev–Trinajstić information content (AvgIpc) is 3.29. The second-order valence-corrected chi connectivity index (χ2v) is 8.09. The first-order chi connectivity index (χ1) is 15.4. The minimum absolute atomic E-state index is 0.0243. The van der Waals surface area contributed by atoms with Crippen molar-refractivity contribution in [2.45, 2.75) is 46.3 Å². The minimum Gasteiger partial charge on any atom is -0.493 e. The van der Waals surface area contributed by atoms with Gasteiger partial charge < -0.3 is 19.5 Å². The van der Waals surface area contributed by atoms with E-state index in [4.69, 9.17) is 14.2 Å². The Morgan fingerprint density at radius 1 is 1.22 bits per heavy atom. The van der Waals surface area contributed by atoms with E-state index < -0.39 is 5.91 Å². The number of nitriles is 1. The SMILES string of the molecule is COc1cc(/C=C(\C#N)C(=O)NC[C@H]2CCCO2)ccc1OCc1c(C)cc(C)cc1C. The summed E-state index contributed by atoms with van der Waals surface area (Å²) >= 11 is 0. The van der Waals surface area contributed by atoms with E-state index in [0.29, 0.717) is 30.2 Å². The van der Waals surface area contributed by atoms with Gasteiger partial charge in [-0.25, -0.2) is 0 Å². The smallest absolute Gasteiger partial charge is 0.262 e. The normalized spacial score (nSPS) is 15.8. The van der Waals surface area contributed by atoms with Crippen molar-refractivity contribution in [3.63, 3.8) is 0 Å². The molecular weight excluding hydrogens is 404 g/mol. The van der Waals surface area contributed by atoms with Gasteiger partial charge in [-0.1, -0.05) is 23.8 Å². The maximum Gasteiger partial charge on any atom is 0.262 e. The summed E-state index contributed by atoms with van der Waals surface area (Å²) in [4.78, 5) is 12.4. The molecule has 6 heteroatoms. The molecule has 1 N–H and O–H groups in total. The molecule has 3 rings (SSSR count). The maximum atomic E-state index is 12.4. The van der Waals surface area contributed by atoms with Crippen LogP contribution in [0.4, 0.5) is 0 Å². The summed E-state index contributed by atoms with van der Waals surface area (Å²) in [7, 11) is 1.57. The fraction of sp³-hybridized carbons (Fsp3) is 0.385. The Hall–Kier alpha value is -3.30. The van der Waals surface area contributed by atoms with Gasteiger partial charge in [-0.3, -0.25) is 4.79 Å². The molecule has 168 valence electrons. The van der Waals surface area contributed by atoms with Crippen molar-refractivity contribution in [1.82, 2.24) is 5.32 Å². The van der Waals surface area contributed by atoms with Gasteiger partial charge in [-0.05, 0) is 74.1 Å². The van der Waals surface area contributed by atoms with Gasteiger partial charge in [0.15, 0.2) is 11.5 Å². The summed E-state index contributed by atoms with van der Waals surface area (Å²) in [5.74, 6) is 0.733. The van der Waals surface area contributed by atoms with Gasteiger partial charge in [0.1, 0.15) is 18.2 Å². The molecule has 1 saturated heterocycles. The second-order valence-electron chi connectivity index (χ2n) is 8.09. The third kappa shape index (κ3) is 5.89. The number of nitrogens with zero attached hydrogens (tertiary/aromatic N) is 1. The van der Waals surface area contributed by atoms with Crippen LogP contribution in [0.3, 0.4) is 0 Å². The molecule has 1 amide bonds. The predicted octanol–water partition coefficient (Wildman–Crippen LogP) is 4.40. The monoisotopic (exact) mass is 434 g/mol. The van der Waals surface area contributed by atoms with Crippen LogP contribution in [0.25, 0.3) is 6.08 Å². The Balaban J connectivity index is 1.71. The first kappa shape index (κ1) is 23.4. The Labute approximate surface area is 189 Å². The van der Waals surface area contributed by atoms with Gasteiger partial charge in [0.25, 0.3) is 5.91 Å². The van der Waals surface area contributed by atoms with Crippen molar-refractivity contribution in [3.05, 3.63) is 63.7 Å². The molecule has 2 aromatic rings. The number of methoxy groups -OCH3 is 1. The number of carbonyl (C=O) groups excluding carboxylic acids is 1. The van der Waals surface area contributed by atoms with E-state index in [9.17, 15) is 10.1 Å². The van der Waals surface area contributed by atoms with Crippen LogP contribution in [0.5, 0.6) is 11.5 Å². The summed E-state index contributed by atoms with van der Waals surface area (Å²) in [6.07, 6.45) is 3.49. The maximum absolute atomic E-state index is 12.4. The molecule has 1 heterocycles. The van der Waals surface area contributed by atoms with Gasteiger partial charge in [0.05, 0.1) is 13.2 Å². The quantitative estimate of drug-likeness (QED) is 0.492. The molecule has 0 aromatic heterocycles. The van der Waals surface area contributed by atoms with Crippen LogP contribution in [0.1, 0.15) is 40.7 Å². The standard InChI is InChI=1S/C26H30N2O4/c1-17-10-18(2)23(19(3)11-17)16-32-24-8-7-20(13-25(24)30-4)12-21(14-27)26(29)28-15-22-6-5-9-31-22/h7-8,10-13,22H,5-6,9,15-16H2,1-4H3,(H,28,29)/b21-12+/t22-/m1/s1. The molecule has 1 aliphatic heterocycles. The zero-order chi connectivity index (χ0) is 23.1. The number of rotatable bonds is 8. The molecular formula is C26H30N2O4. The van der Waals surface area contributed by atoms with E-state index in [1.807, 2.05) is 6.07 Å². The van der Waals surface area contributed by atoms with Crippen LogP contribution in [0, 0.1) is 32.1 Å².